The number of amides is 1. The van der Waals surface area contributed by atoms with Gasteiger partial charge in [-0.05, 0) is 29.6 Å². The Morgan fingerprint density at radius 2 is 2.15 bits per heavy atom. The van der Waals surface area contributed by atoms with Crippen molar-refractivity contribution in [3.8, 4) is 11.3 Å². The van der Waals surface area contributed by atoms with Crippen LogP contribution in [0.1, 0.15) is 15.4 Å². The highest BCUT2D eigenvalue weighted by Crippen LogP contribution is 2.29. The first-order valence-corrected chi connectivity index (χ1v) is 10.8. The molecule has 0 radical (unpaired) electrons. The number of benzene rings is 1. The fraction of sp³-hybridized carbons (Fsp3) is 0.0588. The molecule has 3 aromatic heterocycles. The van der Waals surface area contributed by atoms with E-state index in [1.807, 2.05) is 23.6 Å². The zero-order valence-electron chi connectivity index (χ0n) is 13.7. The van der Waals surface area contributed by atoms with Gasteiger partial charge in [-0.2, -0.15) is 5.10 Å². The molecule has 2 N–H and O–H groups in total. The predicted molar refractivity (Wildman–Crippen MR) is 111 cm³/mol. The van der Waals surface area contributed by atoms with Crippen LogP contribution in [0.15, 0.2) is 52.2 Å². The first kappa shape index (κ1) is 18.2. The van der Waals surface area contributed by atoms with Gasteiger partial charge in [0.2, 0.25) is 5.13 Å². The number of aromatic nitrogens is 4. The average Bonchev–Trinajstić information content (AvgIpc) is 3.41. The van der Waals surface area contributed by atoms with Crippen molar-refractivity contribution in [1.29, 1.82) is 0 Å². The predicted octanol–water partition coefficient (Wildman–Crippen LogP) is 5.19. The SMILES string of the molecule is O=C(Nc1nnc(SCc2cccs2)s1)c1cc(-c2cccc(Cl)c2)n[nH]1. The molecule has 0 aliphatic heterocycles. The minimum atomic E-state index is -0.318. The number of carbonyl (C=O) groups is 1. The van der Waals surface area contributed by atoms with Crippen LogP contribution in [0.2, 0.25) is 5.02 Å². The van der Waals surface area contributed by atoms with E-state index in [9.17, 15) is 4.79 Å². The second-order valence-electron chi connectivity index (χ2n) is 5.37. The van der Waals surface area contributed by atoms with Crippen molar-refractivity contribution in [3.63, 3.8) is 0 Å². The number of aromatic amines is 1. The van der Waals surface area contributed by atoms with Gasteiger partial charge < -0.3 is 0 Å². The molecular weight excluding hydrogens is 422 g/mol. The lowest BCUT2D eigenvalue weighted by Crippen LogP contribution is -2.12. The summed E-state index contributed by atoms with van der Waals surface area (Å²) in [6.45, 7) is 0. The van der Waals surface area contributed by atoms with Crippen LogP contribution in [0.3, 0.4) is 0 Å². The van der Waals surface area contributed by atoms with Crippen LogP contribution in [0, 0.1) is 0 Å². The van der Waals surface area contributed by atoms with Gasteiger partial charge in [0.05, 0.1) is 5.69 Å². The third kappa shape index (κ3) is 4.56. The molecule has 1 amide bonds. The number of nitrogens with one attached hydrogen (secondary N) is 2. The molecule has 0 unspecified atom stereocenters. The number of rotatable bonds is 6. The maximum Gasteiger partial charge on any atom is 0.275 e. The number of thioether (sulfide) groups is 1. The Morgan fingerprint density at radius 3 is 2.96 bits per heavy atom. The van der Waals surface area contributed by atoms with Crippen LogP contribution in [0.25, 0.3) is 11.3 Å². The Kier molecular flexibility index (Phi) is 5.53. The molecule has 6 nitrogen and oxygen atoms in total. The number of nitrogens with zero attached hydrogens (tertiary/aromatic N) is 3. The quantitative estimate of drug-likeness (QED) is 0.323. The van der Waals surface area contributed by atoms with Crippen molar-refractivity contribution in [2.75, 3.05) is 5.32 Å². The van der Waals surface area contributed by atoms with E-state index in [2.05, 4.69) is 31.8 Å². The Morgan fingerprint density at radius 1 is 1.22 bits per heavy atom. The molecule has 136 valence electrons. The minimum Gasteiger partial charge on any atom is -0.295 e. The topological polar surface area (TPSA) is 83.6 Å². The second-order valence-corrected chi connectivity index (χ2v) is 9.04. The van der Waals surface area contributed by atoms with Gasteiger partial charge in [-0.1, -0.05) is 52.9 Å². The Bertz CT molecular complexity index is 1060. The monoisotopic (exact) mass is 433 g/mol. The third-order valence-corrected chi connectivity index (χ3v) is 6.80. The maximum absolute atomic E-state index is 12.4. The lowest BCUT2D eigenvalue weighted by molar-refractivity contribution is 0.102. The number of halogens is 1. The third-order valence-electron chi connectivity index (χ3n) is 3.49. The van der Waals surface area contributed by atoms with Crippen molar-refractivity contribution in [1.82, 2.24) is 20.4 Å². The van der Waals surface area contributed by atoms with Crippen LogP contribution in [0.5, 0.6) is 0 Å². The van der Waals surface area contributed by atoms with Gasteiger partial charge >= 0.3 is 0 Å². The molecule has 0 spiro atoms. The van der Waals surface area contributed by atoms with Gasteiger partial charge in [-0.3, -0.25) is 15.2 Å². The molecule has 3 heterocycles. The van der Waals surface area contributed by atoms with E-state index in [1.54, 1.807) is 41.3 Å². The summed E-state index contributed by atoms with van der Waals surface area (Å²) in [4.78, 5) is 13.7. The smallest absolute Gasteiger partial charge is 0.275 e. The van der Waals surface area contributed by atoms with E-state index in [4.69, 9.17) is 11.6 Å². The highest BCUT2D eigenvalue weighted by Gasteiger charge is 2.14. The molecule has 0 fully saturated rings. The molecule has 27 heavy (non-hydrogen) atoms. The van der Waals surface area contributed by atoms with Crippen molar-refractivity contribution < 1.29 is 4.79 Å². The van der Waals surface area contributed by atoms with Crippen LogP contribution in [-0.4, -0.2) is 26.3 Å². The van der Waals surface area contributed by atoms with E-state index in [0.29, 0.717) is 21.5 Å². The lowest BCUT2D eigenvalue weighted by Gasteiger charge is -1.97. The summed E-state index contributed by atoms with van der Waals surface area (Å²) in [6.07, 6.45) is 0. The van der Waals surface area contributed by atoms with Gasteiger partial charge in [0.1, 0.15) is 5.69 Å². The summed E-state index contributed by atoms with van der Waals surface area (Å²) in [6, 6.07) is 13.1. The molecule has 0 aliphatic rings. The van der Waals surface area contributed by atoms with Crippen molar-refractivity contribution in [2.45, 2.75) is 10.1 Å². The second kappa shape index (κ2) is 8.22. The van der Waals surface area contributed by atoms with E-state index in [1.165, 1.54) is 16.2 Å². The number of H-pyrrole nitrogens is 1. The Labute approximate surface area is 172 Å². The largest absolute Gasteiger partial charge is 0.295 e. The molecule has 1 aromatic carbocycles. The molecule has 0 saturated heterocycles. The number of hydrogen-bond donors (Lipinski definition) is 2. The summed E-state index contributed by atoms with van der Waals surface area (Å²) in [7, 11) is 0. The van der Waals surface area contributed by atoms with Crippen molar-refractivity contribution in [2.24, 2.45) is 0 Å². The summed E-state index contributed by atoms with van der Waals surface area (Å²) in [5, 5.41) is 20.9. The minimum absolute atomic E-state index is 0.318. The fourth-order valence-electron chi connectivity index (χ4n) is 2.24. The summed E-state index contributed by atoms with van der Waals surface area (Å²) in [5.74, 6) is 0.519. The highest BCUT2D eigenvalue weighted by atomic mass is 35.5. The van der Waals surface area contributed by atoms with Gasteiger partial charge in [0.15, 0.2) is 4.34 Å². The zero-order chi connectivity index (χ0) is 18.6. The number of carbonyl (C=O) groups excluding carboxylic acids is 1. The molecule has 0 saturated carbocycles. The Balaban J connectivity index is 1.39. The zero-order valence-corrected chi connectivity index (χ0v) is 16.9. The van der Waals surface area contributed by atoms with Gasteiger partial charge in [-0.25, -0.2) is 0 Å². The number of hydrogen-bond acceptors (Lipinski definition) is 7. The van der Waals surface area contributed by atoms with Gasteiger partial charge in [-0.15, -0.1) is 21.5 Å². The van der Waals surface area contributed by atoms with Crippen molar-refractivity contribution in [3.05, 3.63) is 63.4 Å². The van der Waals surface area contributed by atoms with E-state index in [0.717, 1.165) is 15.7 Å². The highest BCUT2D eigenvalue weighted by molar-refractivity contribution is 8.00. The molecule has 4 aromatic rings. The summed E-state index contributed by atoms with van der Waals surface area (Å²) < 4.78 is 0.808. The molecule has 0 atom stereocenters. The molecule has 10 heteroatoms. The van der Waals surface area contributed by atoms with Crippen molar-refractivity contribution >= 4 is 57.1 Å². The van der Waals surface area contributed by atoms with Crippen LogP contribution in [0.4, 0.5) is 5.13 Å². The fourth-order valence-corrected chi connectivity index (χ4v) is 4.95. The van der Waals surface area contributed by atoms with E-state index in [-0.39, 0.29) is 5.91 Å². The summed E-state index contributed by atoms with van der Waals surface area (Å²) >= 11 is 10.6. The lowest BCUT2D eigenvalue weighted by atomic mass is 10.1. The molecular formula is C17H12ClN5OS3. The standard InChI is InChI=1S/C17H12ClN5OS3/c18-11-4-1-3-10(7-11)13-8-14(21-20-13)15(24)19-16-22-23-17(27-16)26-9-12-5-2-6-25-12/h1-8H,9H2,(H,20,21)(H,19,22,24). The van der Waals surface area contributed by atoms with E-state index < -0.39 is 0 Å². The Hall–Kier alpha value is -2.20. The summed E-state index contributed by atoms with van der Waals surface area (Å²) in [5.41, 5.74) is 1.82. The van der Waals surface area contributed by atoms with Crippen LogP contribution < -0.4 is 5.32 Å². The molecule has 0 bridgehead atoms. The average molecular weight is 434 g/mol. The van der Waals surface area contributed by atoms with Gasteiger partial charge in [0, 0.05) is 21.2 Å². The van der Waals surface area contributed by atoms with E-state index >= 15 is 0 Å². The molecule has 4 rings (SSSR count). The normalized spacial score (nSPS) is 10.9. The number of anilines is 1. The number of thiophene rings is 1. The van der Waals surface area contributed by atoms with Crippen LogP contribution in [-0.2, 0) is 5.75 Å². The van der Waals surface area contributed by atoms with Crippen LogP contribution >= 0.6 is 46.0 Å². The molecule has 0 aliphatic carbocycles. The van der Waals surface area contributed by atoms with Gasteiger partial charge in [0.25, 0.3) is 5.91 Å². The first-order valence-electron chi connectivity index (χ1n) is 7.79. The maximum atomic E-state index is 12.4. The first-order chi connectivity index (χ1) is 13.2.